The van der Waals surface area contributed by atoms with E-state index in [1.54, 1.807) is 44.4 Å². The molecular weight excluding hydrogens is 478 g/mol. The van der Waals surface area contributed by atoms with E-state index in [0.717, 1.165) is 11.5 Å². The number of amidine groups is 2. The first-order valence-electron chi connectivity index (χ1n) is 9.74. The van der Waals surface area contributed by atoms with Gasteiger partial charge in [0.2, 0.25) is 0 Å². The molecule has 1 amide bonds. The van der Waals surface area contributed by atoms with Gasteiger partial charge in [0.25, 0.3) is 5.91 Å². The van der Waals surface area contributed by atoms with Crippen molar-refractivity contribution in [1.82, 2.24) is 5.06 Å². The van der Waals surface area contributed by atoms with Gasteiger partial charge in [-0.2, -0.15) is 4.99 Å². The second-order valence-corrected chi connectivity index (χ2v) is 7.74. The van der Waals surface area contributed by atoms with E-state index >= 15 is 0 Å². The molecule has 0 unspecified atom stereocenters. The van der Waals surface area contributed by atoms with E-state index in [4.69, 9.17) is 24.5 Å². The smallest absolute Gasteiger partial charge is 0.282 e. The van der Waals surface area contributed by atoms with Crippen molar-refractivity contribution in [3.63, 3.8) is 0 Å². The van der Waals surface area contributed by atoms with Crippen LogP contribution in [0.3, 0.4) is 0 Å². The third kappa shape index (κ3) is 4.67. The highest BCUT2D eigenvalue weighted by molar-refractivity contribution is 9.10. The van der Waals surface area contributed by atoms with E-state index < -0.39 is 5.91 Å². The Morgan fingerprint density at radius 3 is 2.56 bits per heavy atom. The summed E-state index contributed by atoms with van der Waals surface area (Å²) in [7, 11) is 1.62. The van der Waals surface area contributed by atoms with E-state index in [1.807, 2.05) is 24.3 Å². The zero-order chi connectivity index (χ0) is 22.7. The molecule has 9 heteroatoms. The van der Waals surface area contributed by atoms with Crippen molar-refractivity contribution in [3.8, 4) is 17.2 Å². The Morgan fingerprint density at radius 1 is 1.12 bits per heavy atom. The normalized spacial score (nSPS) is 16.3. The highest BCUT2D eigenvalue weighted by Crippen LogP contribution is 2.29. The van der Waals surface area contributed by atoms with Gasteiger partial charge in [0.1, 0.15) is 36.2 Å². The van der Waals surface area contributed by atoms with Gasteiger partial charge in [-0.25, -0.2) is 0 Å². The number of allylic oxidation sites excluding steroid dienone is 1. The topological polar surface area (TPSA) is 93.4 Å². The summed E-state index contributed by atoms with van der Waals surface area (Å²) in [6.07, 6.45) is 3.22. The average molecular weight is 498 g/mol. The predicted octanol–water partition coefficient (Wildman–Crippen LogP) is 4.37. The van der Waals surface area contributed by atoms with Gasteiger partial charge in [0.05, 0.1) is 17.2 Å². The monoisotopic (exact) mass is 497 g/mol. The van der Waals surface area contributed by atoms with Crippen LogP contribution in [0, 0.1) is 5.41 Å². The van der Waals surface area contributed by atoms with Crippen LogP contribution in [-0.4, -0.2) is 43.0 Å². The summed E-state index contributed by atoms with van der Waals surface area (Å²) >= 11 is 3.49. The summed E-state index contributed by atoms with van der Waals surface area (Å²) in [5.74, 6) is 2.48. The maximum atomic E-state index is 12.4. The van der Waals surface area contributed by atoms with E-state index in [1.165, 1.54) is 5.06 Å². The standard InChI is InChI=1S/C23H20BrN3O5/c1-14-11-21-26-23(28)18(22(25)27(21)32-14)12-15-3-8-20(19(24)13-15)31-10-9-30-17-6-4-16(29-2)5-7-17/h3-8,11-13,25H,9-10H2,1-2H3/b18-12+,25-22?. The van der Waals surface area contributed by atoms with E-state index in [9.17, 15) is 4.79 Å². The summed E-state index contributed by atoms with van der Waals surface area (Å²) in [4.78, 5) is 21.8. The van der Waals surface area contributed by atoms with Crippen LogP contribution in [0.2, 0.25) is 0 Å². The summed E-state index contributed by atoms with van der Waals surface area (Å²) in [5, 5.41) is 9.52. The molecule has 1 N–H and O–H groups in total. The molecule has 0 atom stereocenters. The van der Waals surface area contributed by atoms with Crippen molar-refractivity contribution in [2.45, 2.75) is 6.92 Å². The minimum Gasteiger partial charge on any atom is -0.497 e. The first-order valence-corrected chi connectivity index (χ1v) is 10.5. The number of amides is 1. The number of aliphatic imine (C=N–C) groups is 1. The fourth-order valence-corrected chi connectivity index (χ4v) is 3.59. The molecule has 2 aromatic rings. The molecule has 0 fully saturated rings. The number of halogens is 1. The van der Waals surface area contributed by atoms with Crippen LogP contribution in [0.25, 0.3) is 6.08 Å². The zero-order valence-electron chi connectivity index (χ0n) is 17.4. The lowest BCUT2D eigenvalue weighted by atomic mass is 10.1. The molecule has 0 aromatic heterocycles. The van der Waals surface area contributed by atoms with Crippen molar-refractivity contribution in [1.29, 1.82) is 5.41 Å². The van der Waals surface area contributed by atoms with Crippen molar-refractivity contribution in [3.05, 3.63) is 69.9 Å². The first kappa shape index (κ1) is 21.6. The first-order chi connectivity index (χ1) is 15.4. The molecule has 2 aromatic carbocycles. The lowest BCUT2D eigenvalue weighted by Crippen LogP contribution is -2.38. The Kier molecular flexibility index (Phi) is 6.27. The molecular formula is C23H20BrN3O5. The quantitative estimate of drug-likeness (QED) is 0.451. The van der Waals surface area contributed by atoms with Crippen molar-refractivity contribution >= 4 is 39.6 Å². The summed E-state index contributed by atoms with van der Waals surface area (Å²) in [6.45, 7) is 2.46. The zero-order valence-corrected chi connectivity index (χ0v) is 19.0. The fourth-order valence-electron chi connectivity index (χ4n) is 3.07. The number of nitrogens with zero attached hydrogens (tertiary/aromatic N) is 2. The second-order valence-electron chi connectivity index (χ2n) is 6.88. The number of hydrogen-bond acceptors (Lipinski definition) is 6. The Morgan fingerprint density at radius 2 is 1.84 bits per heavy atom. The lowest BCUT2D eigenvalue weighted by molar-refractivity contribution is -0.114. The molecule has 2 aliphatic heterocycles. The molecule has 0 radical (unpaired) electrons. The number of fused-ring (bicyclic) bond motifs is 1. The van der Waals surface area contributed by atoms with Crippen LogP contribution in [0.1, 0.15) is 12.5 Å². The Labute approximate surface area is 193 Å². The Balaban J connectivity index is 1.37. The largest absolute Gasteiger partial charge is 0.497 e. The van der Waals surface area contributed by atoms with Crippen LogP contribution in [0.4, 0.5) is 0 Å². The van der Waals surface area contributed by atoms with Crippen LogP contribution in [-0.2, 0) is 9.63 Å². The van der Waals surface area contributed by atoms with Gasteiger partial charge in [-0.15, -0.1) is 5.06 Å². The van der Waals surface area contributed by atoms with Crippen LogP contribution >= 0.6 is 15.9 Å². The van der Waals surface area contributed by atoms with Gasteiger partial charge >= 0.3 is 0 Å². The van der Waals surface area contributed by atoms with Crippen molar-refractivity contribution in [2.75, 3.05) is 20.3 Å². The number of rotatable bonds is 7. The predicted molar refractivity (Wildman–Crippen MR) is 123 cm³/mol. The molecule has 0 saturated carbocycles. The lowest BCUT2D eigenvalue weighted by Gasteiger charge is -2.23. The molecule has 0 spiro atoms. The summed E-state index contributed by atoms with van der Waals surface area (Å²) < 4.78 is 17.3. The maximum absolute atomic E-state index is 12.4. The van der Waals surface area contributed by atoms with E-state index in [0.29, 0.717) is 40.6 Å². The van der Waals surface area contributed by atoms with Crippen LogP contribution in [0.15, 0.2) is 69.3 Å². The van der Waals surface area contributed by atoms with Gasteiger partial charge in [-0.05, 0) is 70.9 Å². The Bertz CT molecular complexity index is 1150. The minimum absolute atomic E-state index is 0.0553. The molecule has 4 rings (SSSR count). The highest BCUT2D eigenvalue weighted by Gasteiger charge is 2.34. The molecule has 2 aliphatic rings. The second kappa shape index (κ2) is 9.27. The third-order valence-corrected chi connectivity index (χ3v) is 5.24. The average Bonchev–Trinajstić information content (AvgIpc) is 3.16. The number of methoxy groups -OCH3 is 1. The van der Waals surface area contributed by atoms with Gasteiger partial charge in [-0.1, -0.05) is 6.07 Å². The fraction of sp³-hybridized carbons (Fsp3) is 0.174. The number of nitrogens with one attached hydrogen (secondary N) is 1. The number of ether oxygens (including phenoxy) is 3. The van der Waals surface area contributed by atoms with Gasteiger partial charge in [-0.3, -0.25) is 10.2 Å². The van der Waals surface area contributed by atoms with E-state index in [-0.39, 0.29) is 11.4 Å². The molecule has 0 aliphatic carbocycles. The number of hydroxylamine groups is 2. The third-order valence-electron chi connectivity index (χ3n) is 4.62. The molecule has 32 heavy (non-hydrogen) atoms. The summed E-state index contributed by atoms with van der Waals surface area (Å²) in [6, 6.07) is 12.7. The van der Waals surface area contributed by atoms with Crippen LogP contribution in [0.5, 0.6) is 17.2 Å². The number of benzene rings is 2. The minimum atomic E-state index is -0.483. The Hall–Kier alpha value is -3.59. The van der Waals surface area contributed by atoms with Crippen molar-refractivity contribution in [2.24, 2.45) is 4.99 Å². The number of carbonyl (C=O) groups excluding carboxylic acids is 1. The van der Waals surface area contributed by atoms with Gasteiger partial charge in [0.15, 0.2) is 11.7 Å². The molecule has 2 heterocycles. The number of carbonyl (C=O) groups is 1. The summed E-state index contributed by atoms with van der Waals surface area (Å²) in [5.41, 5.74) is 0.861. The van der Waals surface area contributed by atoms with Gasteiger partial charge < -0.3 is 19.0 Å². The SMILES string of the molecule is COc1ccc(OCCOc2ccc(/C=C3\C(=N)N4OC(C)=CC4=NC3=O)cc2Br)cc1. The van der Waals surface area contributed by atoms with Crippen molar-refractivity contribution < 1.29 is 23.8 Å². The van der Waals surface area contributed by atoms with E-state index in [2.05, 4.69) is 20.9 Å². The maximum Gasteiger partial charge on any atom is 0.282 e. The molecule has 8 nitrogen and oxygen atoms in total. The molecule has 0 bridgehead atoms. The molecule has 164 valence electrons. The van der Waals surface area contributed by atoms with Crippen LogP contribution < -0.4 is 14.2 Å². The van der Waals surface area contributed by atoms with Gasteiger partial charge in [0, 0.05) is 6.08 Å². The molecule has 0 saturated heterocycles. The number of hydrogen-bond donors (Lipinski definition) is 1. The highest BCUT2D eigenvalue weighted by atomic mass is 79.9.